The molecule has 3 aromatic rings. The molecule has 188 valence electrons. The summed E-state index contributed by atoms with van der Waals surface area (Å²) in [4.78, 5) is 54.7. The van der Waals surface area contributed by atoms with Crippen LogP contribution in [0, 0.1) is 29.2 Å². The zero-order valence-electron chi connectivity index (χ0n) is 18.9. The molecule has 0 fully saturated rings. The molecule has 11 heteroatoms. The summed E-state index contributed by atoms with van der Waals surface area (Å²) < 4.78 is 59.6. The molecule has 0 saturated carbocycles. The first kappa shape index (κ1) is 25.4. The lowest BCUT2D eigenvalue weighted by atomic mass is 9.84. The van der Waals surface area contributed by atoms with Gasteiger partial charge in [0.1, 0.15) is 11.4 Å². The number of hydrogen-bond acceptors (Lipinski definition) is 7. The molecule has 1 aliphatic carbocycles. The molecule has 4 rings (SSSR count). The number of aromatic hydroxyl groups is 1. The number of aliphatic imine (C=N–C) groups is 1. The van der Waals surface area contributed by atoms with Crippen LogP contribution in [-0.2, 0) is 9.53 Å². The lowest BCUT2D eigenvalue weighted by Gasteiger charge is -2.18. The van der Waals surface area contributed by atoms with Crippen molar-refractivity contribution in [3.8, 4) is 5.75 Å². The number of phenolic OH excluding ortho intramolecular Hbond substituents is 1. The Morgan fingerprint density at radius 1 is 0.919 bits per heavy atom. The van der Waals surface area contributed by atoms with Gasteiger partial charge >= 0.3 is 5.97 Å². The van der Waals surface area contributed by atoms with Crippen LogP contribution in [0.15, 0.2) is 47.5 Å². The Labute approximate surface area is 206 Å². The van der Waals surface area contributed by atoms with Gasteiger partial charge in [-0.05, 0) is 25.1 Å². The molecule has 1 unspecified atom stereocenters. The van der Waals surface area contributed by atoms with E-state index in [4.69, 9.17) is 4.74 Å². The van der Waals surface area contributed by atoms with E-state index in [1.165, 1.54) is 19.1 Å². The third kappa shape index (κ3) is 4.39. The number of ketones is 3. The van der Waals surface area contributed by atoms with Crippen molar-refractivity contribution in [1.29, 1.82) is 0 Å². The fourth-order valence-electron chi connectivity index (χ4n) is 3.77. The largest absolute Gasteiger partial charge is 0.506 e. The third-order valence-corrected chi connectivity index (χ3v) is 5.57. The van der Waals surface area contributed by atoms with Gasteiger partial charge in [0.25, 0.3) is 0 Å². The summed E-state index contributed by atoms with van der Waals surface area (Å²) in [5.41, 5.74) is -1.56. The summed E-state index contributed by atoms with van der Waals surface area (Å²) in [5.74, 6) is -14.8. The number of esters is 1. The van der Waals surface area contributed by atoms with Crippen LogP contribution >= 0.6 is 0 Å². The minimum atomic E-state index is -2.25. The lowest BCUT2D eigenvalue weighted by molar-refractivity contribution is -0.143. The normalized spacial score (nSPS) is 13.3. The number of carbonyl (C=O) groups is 4. The molecule has 0 spiro atoms. The van der Waals surface area contributed by atoms with Gasteiger partial charge in [-0.3, -0.25) is 24.2 Å². The maximum absolute atomic E-state index is 14.2. The predicted octanol–water partition coefficient (Wildman–Crippen LogP) is 4.49. The number of Topliss-reactive ketones (excluding diaryl/α,β-unsaturated/α-hetero) is 1. The number of phenols is 1. The van der Waals surface area contributed by atoms with Crippen molar-refractivity contribution in [3.63, 3.8) is 0 Å². The van der Waals surface area contributed by atoms with E-state index in [9.17, 15) is 41.8 Å². The third-order valence-electron chi connectivity index (χ3n) is 5.57. The Bertz CT molecular complexity index is 1530. The highest BCUT2D eigenvalue weighted by Gasteiger charge is 2.33. The van der Waals surface area contributed by atoms with Crippen molar-refractivity contribution in [2.45, 2.75) is 6.92 Å². The van der Waals surface area contributed by atoms with E-state index >= 15 is 0 Å². The zero-order valence-corrected chi connectivity index (χ0v) is 18.9. The van der Waals surface area contributed by atoms with Crippen molar-refractivity contribution in [2.75, 3.05) is 6.61 Å². The summed E-state index contributed by atoms with van der Waals surface area (Å²) in [6, 6.07) is 8.17. The van der Waals surface area contributed by atoms with Gasteiger partial charge in [-0.15, -0.1) is 0 Å². The van der Waals surface area contributed by atoms with E-state index in [-0.39, 0.29) is 40.6 Å². The lowest BCUT2D eigenvalue weighted by Crippen LogP contribution is -2.29. The monoisotopic (exact) mass is 513 g/mol. The topological polar surface area (TPSA) is 110 Å². The number of halogens is 4. The van der Waals surface area contributed by atoms with Gasteiger partial charge in [0.2, 0.25) is 0 Å². The highest BCUT2D eigenvalue weighted by atomic mass is 19.2. The van der Waals surface area contributed by atoms with E-state index < -0.39 is 63.8 Å². The van der Waals surface area contributed by atoms with E-state index in [0.29, 0.717) is 6.21 Å². The second kappa shape index (κ2) is 9.76. The van der Waals surface area contributed by atoms with E-state index in [0.717, 1.165) is 12.1 Å². The first-order chi connectivity index (χ1) is 17.6. The predicted molar refractivity (Wildman–Crippen MR) is 120 cm³/mol. The second-order valence-corrected chi connectivity index (χ2v) is 7.81. The highest BCUT2D eigenvalue weighted by Crippen LogP contribution is 2.36. The van der Waals surface area contributed by atoms with Crippen molar-refractivity contribution < 1.29 is 46.6 Å². The Balaban J connectivity index is 1.76. The van der Waals surface area contributed by atoms with Crippen molar-refractivity contribution >= 4 is 35.2 Å². The molecular formula is C26H15F4NO6. The maximum atomic E-state index is 14.2. The van der Waals surface area contributed by atoms with Gasteiger partial charge in [0.05, 0.1) is 12.2 Å². The van der Waals surface area contributed by atoms with Gasteiger partial charge in [-0.2, -0.15) is 0 Å². The van der Waals surface area contributed by atoms with Crippen LogP contribution in [0.5, 0.6) is 5.75 Å². The molecule has 0 aliphatic heterocycles. The van der Waals surface area contributed by atoms with Gasteiger partial charge in [0.15, 0.2) is 46.5 Å². The molecule has 0 amide bonds. The summed E-state index contributed by atoms with van der Waals surface area (Å²) in [6.45, 7) is 1.16. The van der Waals surface area contributed by atoms with Gasteiger partial charge in [-0.25, -0.2) is 17.6 Å². The van der Waals surface area contributed by atoms with Gasteiger partial charge < -0.3 is 9.84 Å². The smallest absolute Gasteiger partial charge is 0.322 e. The Morgan fingerprint density at radius 3 is 2.11 bits per heavy atom. The van der Waals surface area contributed by atoms with Crippen LogP contribution in [0.4, 0.5) is 23.2 Å². The minimum Gasteiger partial charge on any atom is -0.506 e. The molecule has 0 heterocycles. The molecular weight excluding hydrogens is 498 g/mol. The molecule has 0 bridgehead atoms. The standard InChI is InChI=1S/C26H15F4NO6/c1-2-37-26(36)16(25(35)15-7-17(27)21(29)22(30)20(15)28)10-31-18-8-13-14(9-19(18)32)24(34)12-6-4-3-5-11(12)23(13)33/h3-10,16,32H,2H2,1H3. The fourth-order valence-corrected chi connectivity index (χ4v) is 3.77. The Kier molecular flexibility index (Phi) is 6.71. The first-order valence-electron chi connectivity index (χ1n) is 10.7. The quantitative estimate of drug-likeness (QED) is 0.0774. The average Bonchev–Trinajstić information content (AvgIpc) is 2.88. The molecule has 7 nitrogen and oxygen atoms in total. The molecule has 1 N–H and O–H groups in total. The first-order valence-corrected chi connectivity index (χ1v) is 10.7. The minimum absolute atomic E-state index is 0.0915. The number of carbonyl (C=O) groups excluding carboxylic acids is 4. The van der Waals surface area contributed by atoms with E-state index in [1.807, 2.05) is 0 Å². The molecule has 0 radical (unpaired) electrons. The molecule has 0 saturated heterocycles. The number of fused-ring (bicyclic) bond motifs is 2. The average molecular weight is 513 g/mol. The van der Waals surface area contributed by atoms with Crippen molar-refractivity contribution in [1.82, 2.24) is 0 Å². The summed E-state index contributed by atoms with van der Waals surface area (Å²) in [6.07, 6.45) is 0.615. The van der Waals surface area contributed by atoms with Crippen LogP contribution in [0.2, 0.25) is 0 Å². The van der Waals surface area contributed by atoms with Crippen LogP contribution in [0.25, 0.3) is 0 Å². The van der Waals surface area contributed by atoms with Gasteiger partial charge in [-0.1, -0.05) is 24.3 Å². The molecule has 37 heavy (non-hydrogen) atoms. The number of nitrogens with zero attached hydrogens (tertiary/aromatic N) is 1. The highest BCUT2D eigenvalue weighted by molar-refractivity contribution is 6.29. The second-order valence-electron chi connectivity index (χ2n) is 7.81. The molecule has 1 aliphatic rings. The number of benzene rings is 3. The summed E-state index contributed by atoms with van der Waals surface area (Å²) in [7, 11) is 0. The number of ether oxygens (including phenoxy) is 1. The number of rotatable bonds is 6. The van der Waals surface area contributed by atoms with Crippen LogP contribution < -0.4 is 0 Å². The summed E-state index contributed by atoms with van der Waals surface area (Å²) >= 11 is 0. The van der Waals surface area contributed by atoms with Crippen LogP contribution in [0.1, 0.15) is 49.1 Å². The van der Waals surface area contributed by atoms with Crippen LogP contribution in [-0.4, -0.2) is 41.2 Å². The van der Waals surface area contributed by atoms with Gasteiger partial charge in [0, 0.05) is 28.5 Å². The molecule has 1 atom stereocenters. The van der Waals surface area contributed by atoms with Crippen molar-refractivity contribution in [2.24, 2.45) is 10.9 Å². The zero-order chi connectivity index (χ0) is 27.0. The Hall–Kier alpha value is -4.67. The SMILES string of the molecule is CCOC(=O)C(C=Nc1cc2c(cc1O)C(=O)c1ccccc1C2=O)C(=O)c1cc(F)c(F)c(F)c1F. The van der Waals surface area contributed by atoms with Crippen LogP contribution in [0.3, 0.4) is 0 Å². The van der Waals surface area contributed by atoms with E-state index in [2.05, 4.69) is 4.99 Å². The molecule has 3 aromatic carbocycles. The van der Waals surface area contributed by atoms with Crippen molar-refractivity contribution in [3.05, 3.63) is 93.6 Å². The maximum Gasteiger partial charge on any atom is 0.322 e. The Morgan fingerprint density at radius 2 is 1.51 bits per heavy atom. The molecule has 0 aromatic heterocycles. The fraction of sp³-hybridized carbons (Fsp3) is 0.115. The number of hydrogen-bond donors (Lipinski definition) is 1. The van der Waals surface area contributed by atoms with E-state index in [1.54, 1.807) is 12.1 Å². The summed E-state index contributed by atoms with van der Waals surface area (Å²) in [5, 5.41) is 10.4.